The van der Waals surface area contributed by atoms with E-state index in [0.29, 0.717) is 6.61 Å². The summed E-state index contributed by atoms with van der Waals surface area (Å²) in [7, 11) is 0. The summed E-state index contributed by atoms with van der Waals surface area (Å²) in [5.74, 6) is 0. The molecule has 1 aromatic rings. The third kappa shape index (κ3) is 3.63. The van der Waals surface area contributed by atoms with Crippen LogP contribution in [0.15, 0.2) is 24.3 Å². The maximum Gasteiger partial charge on any atom is 0.416 e. The maximum atomic E-state index is 12.4. The Morgan fingerprint density at radius 1 is 1.06 bits per heavy atom. The lowest BCUT2D eigenvalue weighted by Gasteiger charge is -2.17. The molecule has 1 saturated heterocycles. The third-order valence-corrected chi connectivity index (χ3v) is 3.03. The molecule has 1 fully saturated rings. The number of ether oxygens (including phenoxy) is 1. The molecule has 0 aromatic heterocycles. The fourth-order valence-electron chi connectivity index (χ4n) is 2.04. The smallest absolute Gasteiger partial charge is 0.382 e. The monoisotopic (exact) mass is 259 g/mol. The average Bonchev–Trinajstić information content (AvgIpc) is 2.57. The van der Waals surface area contributed by atoms with Gasteiger partial charge in [-0.3, -0.25) is 0 Å². The van der Waals surface area contributed by atoms with Crippen LogP contribution in [0.5, 0.6) is 0 Å². The van der Waals surface area contributed by atoms with E-state index in [-0.39, 0.29) is 6.04 Å². The van der Waals surface area contributed by atoms with E-state index < -0.39 is 11.7 Å². The van der Waals surface area contributed by atoms with Gasteiger partial charge >= 0.3 is 6.18 Å². The molecule has 100 valence electrons. The van der Waals surface area contributed by atoms with Crippen molar-refractivity contribution in [2.24, 2.45) is 0 Å². The zero-order chi connectivity index (χ0) is 13.0. The van der Waals surface area contributed by atoms with Crippen LogP contribution in [-0.4, -0.2) is 19.3 Å². The first-order valence-corrected chi connectivity index (χ1v) is 6.07. The highest BCUT2D eigenvalue weighted by Crippen LogP contribution is 2.30. The molecule has 1 heterocycles. The number of halogens is 3. The summed E-state index contributed by atoms with van der Waals surface area (Å²) in [6, 6.07) is 5.46. The zero-order valence-corrected chi connectivity index (χ0v) is 9.96. The Bertz CT molecular complexity index is 367. The van der Waals surface area contributed by atoms with E-state index in [1.807, 2.05) is 0 Å². The summed E-state index contributed by atoms with van der Waals surface area (Å²) in [6.45, 7) is 1.48. The van der Waals surface area contributed by atoms with Crippen LogP contribution in [0.25, 0.3) is 0 Å². The second-order valence-corrected chi connectivity index (χ2v) is 4.46. The van der Waals surface area contributed by atoms with Crippen molar-refractivity contribution in [2.75, 3.05) is 18.5 Å². The van der Waals surface area contributed by atoms with Crippen LogP contribution in [0.3, 0.4) is 0 Å². The summed E-state index contributed by atoms with van der Waals surface area (Å²) in [4.78, 5) is 0. The van der Waals surface area contributed by atoms with Crippen molar-refractivity contribution >= 4 is 5.69 Å². The number of nitrogens with one attached hydrogen (secondary N) is 1. The number of hydrogen-bond acceptors (Lipinski definition) is 2. The fourth-order valence-corrected chi connectivity index (χ4v) is 2.04. The van der Waals surface area contributed by atoms with Crippen LogP contribution in [0.4, 0.5) is 18.9 Å². The van der Waals surface area contributed by atoms with Crippen molar-refractivity contribution < 1.29 is 17.9 Å². The highest BCUT2D eigenvalue weighted by molar-refractivity contribution is 5.45. The second kappa shape index (κ2) is 5.61. The number of anilines is 1. The summed E-state index contributed by atoms with van der Waals surface area (Å²) in [5, 5.41) is 3.25. The van der Waals surface area contributed by atoms with Crippen LogP contribution in [0.2, 0.25) is 0 Å². The molecule has 0 bridgehead atoms. The third-order valence-electron chi connectivity index (χ3n) is 3.03. The van der Waals surface area contributed by atoms with E-state index in [4.69, 9.17) is 4.74 Å². The van der Waals surface area contributed by atoms with Crippen molar-refractivity contribution in [3.63, 3.8) is 0 Å². The predicted molar refractivity (Wildman–Crippen MR) is 63.5 cm³/mol. The van der Waals surface area contributed by atoms with Crippen molar-refractivity contribution in [3.8, 4) is 0 Å². The van der Waals surface area contributed by atoms with Gasteiger partial charge in [0.1, 0.15) is 0 Å². The van der Waals surface area contributed by atoms with Gasteiger partial charge in [0.2, 0.25) is 0 Å². The van der Waals surface area contributed by atoms with Gasteiger partial charge in [0, 0.05) is 24.9 Å². The molecule has 1 aromatic carbocycles. The Morgan fingerprint density at radius 3 is 2.44 bits per heavy atom. The number of rotatable bonds is 2. The largest absolute Gasteiger partial charge is 0.416 e. The van der Waals surface area contributed by atoms with Crippen LogP contribution in [0, 0.1) is 0 Å². The minimum atomic E-state index is -4.27. The van der Waals surface area contributed by atoms with Crippen molar-refractivity contribution in [3.05, 3.63) is 29.8 Å². The Hall–Kier alpha value is -1.23. The number of alkyl halides is 3. The van der Waals surface area contributed by atoms with E-state index in [1.54, 1.807) is 0 Å². The van der Waals surface area contributed by atoms with E-state index in [2.05, 4.69) is 5.32 Å². The standard InChI is InChI=1S/C13H16F3NO/c14-13(15,16)10-3-5-12(6-4-10)17-11-2-1-8-18-9-7-11/h3-6,11,17H,1-2,7-9H2. The molecular weight excluding hydrogens is 243 g/mol. The molecule has 0 amide bonds. The minimum Gasteiger partial charge on any atom is -0.382 e. The fraction of sp³-hybridized carbons (Fsp3) is 0.538. The van der Waals surface area contributed by atoms with E-state index in [9.17, 15) is 13.2 Å². The van der Waals surface area contributed by atoms with Crippen molar-refractivity contribution in [1.82, 2.24) is 0 Å². The zero-order valence-electron chi connectivity index (χ0n) is 9.96. The second-order valence-electron chi connectivity index (χ2n) is 4.46. The van der Waals surface area contributed by atoms with Gasteiger partial charge in [-0.1, -0.05) is 0 Å². The summed E-state index contributed by atoms with van der Waals surface area (Å²) in [6.07, 6.45) is -1.41. The molecule has 1 unspecified atom stereocenters. The normalized spacial score (nSPS) is 21.4. The molecule has 0 saturated carbocycles. The summed E-state index contributed by atoms with van der Waals surface area (Å²) >= 11 is 0. The molecular formula is C13H16F3NO. The van der Waals surface area contributed by atoms with Gasteiger partial charge in [-0.2, -0.15) is 13.2 Å². The van der Waals surface area contributed by atoms with E-state index in [1.165, 1.54) is 12.1 Å². The van der Waals surface area contributed by atoms with Crippen LogP contribution in [0.1, 0.15) is 24.8 Å². The summed E-state index contributed by atoms with van der Waals surface area (Å²) < 4.78 is 42.5. The molecule has 0 radical (unpaired) electrons. The SMILES string of the molecule is FC(F)(F)c1ccc(NC2CCCOCC2)cc1. The average molecular weight is 259 g/mol. The molecule has 0 spiro atoms. The molecule has 5 heteroatoms. The Labute approximate surface area is 104 Å². The van der Waals surface area contributed by atoms with Gasteiger partial charge in [0.05, 0.1) is 5.56 Å². The lowest BCUT2D eigenvalue weighted by atomic mass is 10.1. The van der Waals surface area contributed by atoms with Gasteiger partial charge in [-0.05, 0) is 43.5 Å². The van der Waals surface area contributed by atoms with Crippen molar-refractivity contribution in [2.45, 2.75) is 31.5 Å². The van der Waals surface area contributed by atoms with Gasteiger partial charge < -0.3 is 10.1 Å². The van der Waals surface area contributed by atoms with E-state index >= 15 is 0 Å². The Balaban J connectivity index is 1.97. The topological polar surface area (TPSA) is 21.3 Å². The van der Waals surface area contributed by atoms with Crippen LogP contribution < -0.4 is 5.32 Å². The first-order chi connectivity index (χ1) is 8.55. The molecule has 1 N–H and O–H groups in total. The Morgan fingerprint density at radius 2 is 1.78 bits per heavy atom. The van der Waals surface area contributed by atoms with Gasteiger partial charge in [0.15, 0.2) is 0 Å². The molecule has 2 nitrogen and oxygen atoms in total. The first-order valence-electron chi connectivity index (χ1n) is 6.07. The molecule has 0 aliphatic carbocycles. The van der Waals surface area contributed by atoms with Gasteiger partial charge in [-0.15, -0.1) is 0 Å². The minimum absolute atomic E-state index is 0.282. The van der Waals surface area contributed by atoms with Crippen LogP contribution in [-0.2, 0) is 10.9 Å². The Kier molecular flexibility index (Phi) is 4.11. The molecule has 2 rings (SSSR count). The highest BCUT2D eigenvalue weighted by atomic mass is 19.4. The maximum absolute atomic E-state index is 12.4. The first kappa shape index (κ1) is 13.2. The summed E-state index contributed by atoms with van der Waals surface area (Å²) in [5.41, 5.74) is 0.118. The quantitative estimate of drug-likeness (QED) is 0.874. The lowest BCUT2D eigenvalue weighted by molar-refractivity contribution is -0.137. The lowest BCUT2D eigenvalue weighted by Crippen LogP contribution is -2.19. The van der Waals surface area contributed by atoms with Gasteiger partial charge in [-0.25, -0.2) is 0 Å². The van der Waals surface area contributed by atoms with Crippen molar-refractivity contribution in [1.29, 1.82) is 0 Å². The molecule has 1 aliphatic heterocycles. The predicted octanol–water partition coefficient (Wildman–Crippen LogP) is 3.69. The molecule has 1 aliphatic rings. The molecule has 1 atom stereocenters. The van der Waals surface area contributed by atoms with Gasteiger partial charge in [0.25, 0.3) is 0 Å². The number of hydrogen-bond donors (Lipinski definition) is 1. The van der Waals surface area contributed by atoms with E-state index in [0.717, 1.165) is 43.7 Å². The highest BCUT2D eigenvalue weighted by Gasteiger charge is 2.30. The number of benzene rings is 1. The molecule has 18 heavy (non-hydrogen) atoms. The van der Waals surface area contributed by atoms with Crippen LogP contribution >= 0.6 is 0 Å².